The number of nitrogens with one attached hydrogen (secondary N) is 2. The van der Waals surface area contributed by atoms with Gasteiger partial charge in [-0.3, -0.25) is 9.59 Å². The highest BCUT2D eigenvalue weighted by Crippen LogP contribution is 2.33. The number of thioether (sulfide) groups is 1. The summed E-state index contributed by atoms with van der Waals surface area (Å²) in [4.78, 5) is 35.7. The van der Waals surface area contributed by atoms with E-state index in [1.807, 2.05) is 20.8 Å². The number of carbonyl (C=O) groups is 3. The maximum absolute atomic E-state index is 12.4. The first-order valence-electron chi connectivity index (χ1n) is 7.95. The zero-order valence-electron chi connectivity index (χ0n) is 14.5. The Morgan fingerprint density at radius 3 is 2.28 bits per heavy atom. The van der Waals surface area contributed by atoms with Crippen molar-refractivity contribution in [2.24, 2.45) is 5.41 Å². The molecule has 0 bridgehead atoms. The van der Waals surface area contributed by atoms with Gasteiger partial charge in [-0.1, -0.05) is 39.0 Å². The molecule has 1 unspecified atom stereocenters. The number of para-hydroxylation sites is 2. The number of carbonyl (C=O) groups excluding carboxylic acids is 2. The van der Waals surface area contributed by atoms with Crippen molar-refractivity contribution < 1.29 is 19.5 Å². The lowest BCUT2D eigenvalue weighted by Crippen LogP contribution is -2.25. The number of allylic oxidation sites excluding steroid dienone is 1. The maximum Gasteiger partial charge on any atom is 0.341 e. The smallest absolute Gasteiger partial charge is 0.341 e. The third-order valence-corrected chi connectivity index (χ3v) is 4.73. The van der Waals surface area contributed by atoms with E-state index in [0.29, 0.717) is 24.2 Å². The highest BCUT2D eigenvalue weighted by molar-refractivity contribution is 8.05. The molecule has 0 aromatic heterocycles. The highest BCUT2D eigenvalue weighted by atomic mass is 32.2. The molecule has 3 N–H and O–H groups in total. The second-order valence-electron chi connectivity index (χ2n) is 7.04. The molecule has 1 aromatic carbocycles. The lowest BCUT2D eigenvalue weighted by Gasteiger charge is -2.19. The van der Waals surface area contributed by atoms with Gasteiger partial charge < -0.3 is 15.7 Å². The Morgan fingerprint density at radius 2 is 1.76 bits per heavy atom. The number of hydrogen-bond acceptors (Lipinski definition) is 4. The van der Waals surface area contributed by atoms with E-state index in [9.17, 15) is 14.4 Å². The fourth-order valence-electron chi connectivity index (χ4n) is 2.35. The average molecular weight is 362 g/mol. The predicted molar refractivity (Wildman–Crippen MR) is 99.5 cm³/mol. The Hall–Kier alpha value is -2.28. The van der Waals surface area contributed by atoms with E-state index in [4.69, 9.17) is 5.11 Å². The van der Waals surface area contributed by atoms with Gasteiger partial charge in [0.25, 0.3) is 0 Å². The van der Waals surface area contributed by atoms with E-state index >= 15 is 0 Å². The first-order valence-corrected chi connectivity index (χ1v) is 8.83. The third kappa shape index (κ3) is 5.63. The van der Waals surface area contributed by atoms with Gasteiger partial charge in [-0.2, -0.15) is 0 Å². The second kappa shape index (κ2) is 7.74. The van der Waals surface area contributed by atoms with Crippen molar-refractivity contribution in [1.82, 2.24) is 0 Å². The van der Waals surface area contributed by atoms with Crippen molar-refractivity contribution in [3.05, 3.63) is 35.2 Å². The molecule has 6 nitrogen and oxygen atoms in total. The van der Waals surface area contributed by atoms with Gasteiger partial charge in [0.05, 0.1) is 21.5 Å². The molecule has 1 aromatic rings. The summed E-state index contributed by atoms with van der Waals surface area (Å²) in [6.07, 6.45) is 2.28. The molecular weight excluding hydrogens is 340 g/mol. The number of benzene rings is 1. The normalized spacial score (nSPS) is 16.9. The topological polar surface area (TPSA) is 95.5 Å². The quantitative estimate of drug-likeness (QED) is 0.745. The first kappa shape index (κ1) is 19.1. The van der Waals surface area contributed by atoms with Crippen molar-refractivity contribution >= 4 is 40.9 Å². The summed E-state index contributed by atoms with van der Waals surface area (Å²) in [5, 5.41) is 14.1. The maximum atomic E-state index is 12.4. The number of carboxylic acids is 1. The van der Waals surface area contributed by atoms with Gasteiger partial charge in [0, 0.05) is 6.42 Å². The van der Waals surface area contributed by atoms with Crippen LogP contribution in [0.3, 0.4) is 0 Å². The van der Waals surface area contributed by atoms with E-state index < -0.39 is 11.2 Å². The van der Waals surface area contributed by atoms with Crippen LogP contribution in [0, 0.1) is 5.41 Å². The monoisotopic (exact) mass is 362 g/mol. The Balaban J connectivity index is 2.02. The second-order valence-corrected chi connectivity index (χ2v) is 8.28. The van der Waals surface area contributed by atoms with Crippen LogP contribution in [-0.2, 0) is 14.4 Å². The molecule has 0 radical (unpaired) electrons. The number of hydrogen-bond donors (Lipinski definition) is 3. The van der Waals surface area contributed by atoms with Crippen LogP contribution >= 0.6 is 11.8 Å². The van der Waals surface area contributed by atoms with Gasteiger partial charge in [-0.25, -0.2) is 4.79 Å². The van der Waals surface area contributed by atoms with Gasteiger partial charge in [0.1, 0.15) is 0 Å². The van der Waals surface area contributed by atoms with Crippen molar-refractivity contribution in [3.63, 3.8) is 0 Å². The van der Waals surface area contributed by atoms with Crippen molar-refractivity contribution in [2.45, 2.75) is 38.9 Å². The summed E-state index contributed by atoms with van der Waals surface area (Å²) in [6.45, 7) is 5.93. The lowest BCUT2D eigenvalue weighted by molar-refractivity contribution is -0.131. The minimum atomic E-state index is -1.02. The fourth-order valence-corrected chi connectivity index (χ4v) is 3.31. The number of aliphatic carboxylic acids is 1. The molecule has 1 atom stereocenters. The highest BCUT2D eigenvalue weighted by Gasteiger charge is 2.28. The SMILES string of the molecule is CC(C)(C)CC(=O)Nc1ccccc1NC(=O)C1CC=C(C(=O)O)S1. The van der Waals surface area contributed by atoms with Gasteiger partial charge in [0.2, 0.25) is 11.8 Å². The molecule has 2 rings (SSSR count). The Morgan fingerprint density at radius 1 is 1.16 bits per heavy atom. The molecule has 0 saturated heterocycles. The molecule has 25 heavy (non-hydrogen) atoms. The summed E-state index contributed by atoms with van der Waals surface area (Å²) in [5.74, 6) is -1.43. The standard InChI is InChI=1S/C18H22N2O4S/c1-18(2,3)10-15(21)19-11-6-4-5-7-12(11)20-16(22)13-8-9-14(25-13)17(23)24/h4-7,9,13H,8,10H2,1-3H3,(H,19,21)(H,20,22)(H,23,24). The number of anilines is 2. The van der Waals surface area contributed by atoms with Crippen LogP contribution in [-0.4, -0.2) is 28.1 Å². The minimum absolute atomic E-state index is 0.126. The van der Waals surface area contributed by atoms with Crippen molar-refractivity contribution in [1.29, 1.82) is 0 Å². The van der Waals surface area contributed by atoms with Gasteiger partial charge in [-0.15, -0.1) is 11.8 Å². The summed E-state index contributed by atoms with van der Waals surface area (Å²) < 4.78 is 0. The van der Waals surface area contributed by atoms with Crippen molar-refractivity contribution in [3.8, 4) is 0 Å². The average Bonchev–Trinajstić information content (AvgIpc) is 2.97. The summed E-state index contributed by atoms with van der Waals surface area (Å²) >= 11 is 1.04. The van der Waals surface area contributed by atoms with Gasteiger partial charge in [-0.05, 0) is 24.0 Å². The molecule has 7 heteroatoms. The number of rotatable bonds is 5. The molecular formula is C18H22N2O4S. The molecule has 0 spiro atoms. The van der Waals surface area contributed by atoms with Crippen LogP contribution in [0.5, 0.6) is 0 Å². The van der Waals surface area contributed by atoms with E-state index in [2.05, 4.69) is 10.6 Å². The fraction of sp³-hybridized carbons (Fsp3) is 0.389. The van der Waals surface area contributed by atoms with E-state index in [-0.39, 0.29) is 22.1 Å². The van der Waals surface area contributed by atoms with Crippen LogP contribution in [0.25, 0.3) is 0 Å². The summed E-state index contributed by atoms with van der Waals surface area (Å²) in [6, 6.07) is 6.96. The summed E-state index contributed by atoms with van der Waals surface area (Å²) in [5.41, 5.74) is 0.889. The Bertz CT molecular complexity index is 722. The third-order valence-electron chi connectivity index (χ3n) is 3.44. The Labute approximate surface area is 151 Å². The van der Waals surface area contributed by atoms with Crippen LogP contribution in [0.2, 0.25) is 0 Å². The number of carboxylic acid groups (broad SMARTS) is 1. The van der Waals surface area contributed by atoms with Gasteiger partial charge >= 0.3 is 5.97 Å². The molecule has 1 heterocycles. The van der Waals surface area contributed by atoms with Gasteiger partial charge in [0.15, 0.2) is 0 Å². The van der Waals surface area contributed by atoms with E-state index in [0.717, 1.165) is 11.8 Å². The van der Waals surface area contributed by atoms with Crippen LogP contribution in [0.4, 0.5) is 11.4 Å². The van der Waals surface area contributed by atoms with Crippen LogP contribution in [0.15, 0.2) is 35.2 Å². The van der Waals surface area contributed by atoms with Crippen LogP contribution in [0.1, 0.15) is 33.6 Å². The molecule has 2 amide bonds. The number of amides is 2. The Kier molecular flexibility index (Phi) is 5.89. The molecule has 1 aliphatic rings. The lowest BCUT2D eigenvalue weighted by atomic mass is 9.92. The van der Waals surface area contributed by atoms with Crippen LogP contribution < -0.4 is 10.6 Å². The summed E-state index contributed by atoms with van der Waals surface area (Å²) in [7, 11) is 0. The molecule has 1 aliphatic heterocycles. The molecule has 0 saturated carbocycles. The molecule has 134 valence electrons. The van der Waals surface area contributed by atoms with Crippen molar-refractivity contribution in [2.75, 3.05) is 10.6 Å². The molecule has 0 aliphatic carbocycles. The molecule has 0 fully saturated rings. The first-order chi connectivity index (χ1) is 11.7. The van der Waals surface area contributed by atoms with E-state index in [1.54, 1.807) is 30.3 Å². The largest absolute Gasteiger partial charge is 0.477 e. The zero-order valence-corrected chi connectivity index (χ0v) is 15.3. The predicted octanol–water partition coefficient (Wildman–Crippen LogP) is 3.47. The zero-order chi connectivity index (χ0) is 18.6. The van der Waals surface area contributed by atoms with E-state index in [1.165, 1.54) is 0 Å². The minimum Gasteiger partial charge on any atom is -0.477 e.